The van der Waals surface area contributed by atoms with Gasteiger partial charge in [0.2, 0.25) is 0 Å². The highest BCUT2D eigenvalue weighted by atomic mass is 16.5. The molecule has 3 nitrogen and oxygen atoms in total. The third kappa shape index (κ3) is 13.1. The van der Waals surface area contributed by atoms with Gasteiger partial charge >= 0.3 is 5.97 Å². The highest BCUT2D eigenvalue weighted by Gasteiger charge is 2.00. The van der Waals surface area contributed by atoms with E-state index in [4.69, 9.17) is 4.74 Å². The molecule has 0 aromatic heterocycles. The lowest BCUT2D eigenvalue weighted by Gasteiger charge is -2.02. The summed E-state index contributed by atoms with van der Waals surface area (Å²) in [6.45, 7) is 2.32. The topological polar surface area (TPSA) is 43.4 Å². The number of ether oxygens (including phenoxy) is 1. The lowest BCUT2D eigenvalue weighted by molar-refractivity contribution is -0.143. The van der Waals surface area contributed by atoms with Gasteiger partial charge in [-0.05, 0) is 19.8 Å². The van der Waals surface area contributed by atoms with Crippen molar-refractivity contribution in [1.29, 1.82) is 0 Å². The molecule has 0 aromatic carbocycles. The average Bonchev–Trinajstić information content (AvgIpc) is 2.32. The molecule has 0 saturated carbocycles. The van der Waals surface area contributed by atoms with Crippen molar-refractivity contribution in [2.45, 2.75) is 71.1 Å². The number of unbranched alkanes of at least 4 members (excludes halogenated alkanes) is 8. The molecule has 100 valence electrons. The van der Waals surface area contributed by atoms with Crippen molar-refractivity contribution < 1.29 is 14.3 Å². The van der Waals surface area contributed by atoms with Gasteiger partial charge in [0.25, 0.3) is 0 Å². The fourth-order valence-electron chi connectivity index (χ4n) is 1.79. The first kappa shape index (κ1) is 16.1. The van der Waals surface area contributed by atoms with Crippen LogP contribution in [0.3, 0.4) is 0 Å². The van der Waals surface area contributed by atoms with Gasteiger partial charge in [0.15, 0.2) is 0 Å². The van der Waals surface area contributed by atoms with Crippen LogP contribution in [0.1, 0.15) is 71.1 Å². The first-order valence-corrected chi connectivity index (χ1v) is 6.90. The molecule has 0 aromatic rings. The van der Waals surface area contributed by atoms with Gasteiger partial charge in [0, 0.05) is 12.8 Å². The molecular formula is C14H26O3. The van der Waals surface area contributed by atoms with E-state index >= 15 is 0 Å². The number of rotatable bonds is 12. The van der Waals surface area contributed by atoms with Crippen molar-refractivity contribution in [2.75, 3.05) is 6.61 Å². The predicted octanol–water partition coefficient (Wildman–Crippen LogP) is 3.65. The van der Waals surface area contributed by atoms with Crippen LogP contribution in [0.2, 0.25) is 0 Å². The Balaban J connectivity index is 3.03. The molecule has 0 spiro atoms. The minimum absolute atomic E-state index is 0.0682. The van der Waals surface area contributed by atoms with Gasteiger partial charge in [-0.25, -0.2) is 0 Å². The molecule has 0 fully saturated rings. The molecule has 0 aliphatic heterocycles. The van der Waals surface area contributed by atoms with E-state index in [0.29, 0.717) is 19.4 Å². The summed E-state index contributed by atoms with van der Waals surface area (Å²) in [6, 6.07) is 0. The Kier molecular flexibility index (Phi) is 12.5. The zero-order valence-electron chi connectivity index (χ0n) is 11.1. The highest BCUT2D eigenvalue weighted by molar-refractivity contribution is 5.69. The molecule has 0 atom stereocenters. The second kappa shape index (κ2) is 13.2. The van der Waals surface area contributed by atoms with Crippen LogP contribution in [-0.4, -0.2) is 18.9 Å². The van der Waals surface area contributed by atoms with Crippen LogP contribution < -0.4 is 0 Å². The predicted molar refractivity (Wildman–Crippen MR) is 68.9 cm³/mol. The molecule has 0 amide bonds. The van der Waals surface area contributed by atoms with Crippen LogP contribution in [0.5, 0.6) is 0 Å². The lowest BCUT2D eigenvalue weighted by Crippen LogP contribution is -2.03. The Hall–Kier alpha value is -0.860. The van der Waals surface area contributed by atoms with Gasteiger partial charge in [0.1, 0.15) is 6.29 Å². The maximum absolute atomic E-state index is 11.0. The minimum atomic E-state index is -0.0682. The van der Waals surface area contributed by atoms with Crippen molar-refractivity contribution in [1.82, 2.24) is 0 Å². The van der Waals surface area contributed by atoms with Gasteiger partial charge < -0.3 is 9.53 Å². The van der Waals surface area contributed by atoms with Crippen LogP contribution in [0, 0.1) is 0 Å². The number of aldehydes is 1. The van der Waals surface area contributed by atoms with Crippen molar-refractivity contribution in [3.05, 3.63) is 0 Å². The number of carbonyl (C=O) groups excluding carboxylic acids is 2. The molecule has 0 unspecified atom stereocenters. The maximum atomic E-state index is 11.0. The fraction of sp³-hybridized carbons (Fsp3) is 0.857. The third-order valence-corrected chi connectivity index (χ3v) is 2.76. The molecule has 0 saturated heterocycles. The first-order valence-electron chi connectivity index (χ1n) is 6.90. The Morgan fingerprint density at radius 1 is 0.941 bits per heavy atom. The van der Waals surface area contributed by atoms with E-state index in [2.05, 4.69) is 0 Å². The van der Waals surface area contributed by atoms with Crippen LogP contribution in [0.25, 0.3) is 0 Å². The summed E-state index contributed by atoms with van der Waals surface area (Å²) in [5.74, 6) is -0.0682. The number of carbonyl (C=O) groups is 2. The second-order valence-electron chi connectivity index (χ2n) is 4.34. The molecule has 3 heteroatoms. The molecular weight excluding hydrogens is 216 g/mol. The summed E-state index contributed by atoms with van der Waals surface area (Å²) in [6.07, 6.45) is 11.5. The van der Waals surface area contributed by atoms with Crippen molar-refractivity contribution in [2.24, 2.45) is 0 Å². The second-order valence-corrected chi connectivity index (χ2v) is 4.34. The number of hydrogen-bond donors (Lipinski definition) is 0. The summed E-state index contributed by atoms with van der Waals surface area (Å²) in [5, 5.41) is 0. The average molecular weight is 242 g/mol. The summed E-state index contributed by atoms with van der Waals surface area (Å²) >= 11 is 0. The van der Waals surface area contributed by atoms with E-state index in [1.165, 1.54) is 32.1 Å². The molecule has 0 bridgehead atoms. The smallest absolute Gasteiger partial charge is 0.305 e. The van der Waals surface area contributed by atoms with Gasteiger partial charge in [0.05, 0.1) is 6.61 Å². The quantitative estimate of drug-likeness (QED) is 0.298. The SMILES string of the molecule is CCOC(=O)CCCCCCCCCCC=O. The number of hydrogen-bond acceptors (Lipinski definition) is 3. The van der Waals surface area contributed by atoms with E-state index in [9.17, 15) is 9.59 Å². The lowest BCUT2D eigenvalue weighted by atomic mass is 10.1. The van der Waals surface area contributed by atoms with Crippen molar-refractivity contribution >= 4 is 12.3 Å². The molecule has 0 aliphatic rings. The van der Waals surface area contributed by atoms with Gasteiger partial charge in [-0.3, -0.25) is 4.79 Å². The molecule has 0 aliphatic carbocycles. The van der Waals surface area contributed by atoms with E-state index in [1.807, 2.05) is 6.92 Å². The Labute approximate surface area is 105 Å². The maximum Gasteiger partial charge on any atom is 0.305 e. The Morgan fingerprint density at radius 3 is 2.00 bits per heavy atom. The fourth-order valence-corrected chi connectivity index (χ4v) is 1.79. The van der Waals surface area contributed by atoms with Crippen LogP contribution >= 0.6 is 0 Å². The summed E-state index contributed by atoms with van der Waals surface area (Å²) < 4.78 is 4.86. The van der Waals surface area contributed by atoms with Gasteiger partial charge in [-0.1, -0.05) is 38.5 Å². The number of esters is 1. The first-order chi connectivity index (χ1) is 8.31. The monoisotopic (exact) mass is 242 g/mol. The van der Waals surface area contributed by atoms with Gasteiger partial charge in [-0.2, -0.15) is 0 Å². The van der Waals surface area contributed by atoms with Crippen LogP contribution in [-0.2, 0) is 14.3 Å². The molecule has 0 radical (unpaired) electrons. The van der Waals surface area contributed by atoms with Crippen molar-refractivity contribution in [3.8, 4) is 0 Å². The Morgan fingerprint density at radius 2 is 1.47 bits per heavy atom. The van der Waals surface area contributed by atoms with E-state index in [0.717, 1.165) is 25.5 Å². The molecule has 0 N–H and O–H groups in total. The molecule has 0 rings (SSSR count). The van der Waals surface area contributed by atoms with Crippen LogP contribution in [0.15, 0.2) is 0 Å². The summed E-state index contributed by atoms with van der Waals surface area (Å²) in [7, 11) is 0. The minimum Gasteiger partial charge on any atom is -0.466 e. The zero-order chi connectivity index (χ0) is 12.8. The van der Waals surface area contributed by atoms with E-state index in [1.54, 1.807) is 0 Å². The molecule has 0 heterocycles. The summed E-state index contributed by atoms with van der Waals surface area (Å²) in [5.41, 5.74) is 0. The van der Waals surface area contributed by atoms with E-state index < -0.39 is 0 Å². The zero-order valence-corrected chi connectivity index (χ0v) is 11.1. The highest BCUT2D eigenvalue weighted by Crippen LogP contribution is 2.10. The molecule has 17 heavy (non-hydrogen) atoms. The van der Waals surface area contributed by atoms with Gasteiger partial charge in [-0.15, -0.1) is 0 Å². The van der Waals surface area contributed by atoms with E-state index in [-0.39, 0.29) is 5.97 Å². The standard InChI is InChI=1S/C14H26O3/c1-2-17-14(16)12-10-8-6-4-3-5-7-9-11-13-15/h13H,2-12H2,1H3. The van der Waals surface area contributed by atoms with Crippen LogP contribution in [0.4, 0.5) is 0 Å². The van der Waals surface area contributed by atoms with Crippen molar-refractivity contribution in [3.63, 3.8) is 0 Å². The summed E-state index contributed by atoms with van der Waals surface area (Å²) in [4.78, 5) is 21.1. The third-order valence-electron chi connectivity index (χ3n) is 2.76. The normalized spacial score (nSPS) is 10.2. The Bertz CT molecular complexity index is 190. The largest absolute Gasteiger partial charge is 0.466 e.